The van der Waals surface area contributed by atoms with Crippen LogP contribution < -0.4 is 0 Å². The lowest BCUT2D eigenvalue weighted by Crippen LogP contribution is -2.15. The average molecular weight is 318 g/mol. The van der Waals surface area contributed by atoms with Crippen LogP contribution in [0.5, 0.6) is 0 Å². The molecule has 0 bridgehead atoms. The van der Waals surface area contributed by atoms with Crippen LogP contribution in [0.2, 0.25) is 0 Å². The normalized spacial score (nSPS) is 13.0. The number of alkyl halides is 3. The summed E-state index contributed by atoms with van der Waals surface area (Å²) in [7, 11) is 0. The second kappa shape index (κ2) is 5.74. The second-order valence-electron chi connectivity index (χ2n) is 4.37. The molecule has 0 radical (unpaired) electrons. The first-order valence-electron chi connectivity index (χ1n) is 6.07. The van der Waals surface area contributed by atoms with Gasteiger partial charge in [0, 0.05) is 6.92 Å². The lowest BCUT2D eigenvalue weighted by Gasteiger charge is -2.12. The number of aryl methyl sites for hydroxylation is 1. The molecule has 0 saturated heterocycles. The van der Waals surface area contributed by atoms with E-state index in [1.807, 2.05) is 0 Å². The van der Waals surface area contributed by atoms with Crippen molar-refractivity contribution in [3.05, 3.63) is 46.9 Å². The lowest BCUT2D eigenvalue weighted by molar-refractivity contribution is -0.140. The Morgan fingerprint density at radius 3 is 2.55 bits per heavy atom. The topological polar surface area (TPSA) is 65.2 Å². The maximum atomic E-state index is 13.8. The van der Waals surface area contributed by atoms with E-state index in [9.17, 15) is 22.4 Å². The number of carbonyl (C=O) groups excluding carboxylic acids is 1. The van der Waals surface area contributed by atoms with E-state index >= 15 is 0 Å². The molecule has 0 aliphatic carbocycles. The van der Waals surface area contributed by atoms with Gasteiger partial charge in [0.05, 0.1) is 11.1 Å². The van der Waals surface area contributed by atoms with Crippen molar-refractivity contribution in [1.29, 1.82) is 0 Å². The quantitative estimate of drug-likeness (QED) is 0.640. The maximum absolute atomic E-state index is 13.8. The van der Waals surface area contributed by atoms with Crippen molar-refractivity contribution in [2.45, 2.75) is 26.1 Å². The predicted molar refractivity (Wildman–Crippen MR) is 64.3 cm³/mol. The number of hydrogen-bond donors (Lipinski definition) is 0. The Bertz CT molecular complexity index is 697. The van der Waals surface area contributed by atoms with E-state index < -0.39 is 35.2 Å². The first kappa shape index (κ1) is 15.9. The van der Waals surface area contributed by atoms with Gasteiger partial charge in [0.1, 0.15) is 5.82 Å². The number of nitrogens with zero attached hydrogens (tertiary/aromatic N) is 2. The average Bonchev–Trinajstić information content (AvgIpc) is 2.84. The number of hydrogen-bond acceptors (Lipinski definition) is 5. The number of ether oxygens (including phenoxy) is 1. The van der Waals surface area contributed by atoms with Gasteiger partial charge in [-0.3, -0.25) is 0 Å². The second-order valence-corrected chi connectivity index (χ2v) is 4.37. The van der Waals surface area contributed by atoms with Gasteiger partial charge in [-0.15, -0.1) is 10.2 Å². The molecule has 2 rings (SSSR count). The molecule has 0 spiro atoms. The fraction of sp³-hybridized carbons (Fsp3) is 0.308. The highest BCUT2D eigenvalue weighted by Gasteiger charge is 2.36. The monoisotopic (exact) mass is 318 g/mol. The SMILES string of the molecule is Cc1nnc(C(C)OC(=O)c2cccc(C(F)(F)F)c2F)o1. The van der Waals surface area contributed by atoms with Gasteiger partial charge in [-0.25, -0.2) is 9.18 Å². The Morgan fingerprint density at radius 2 is 2.00 bits per heavy atom. The molecule has 0 N–H and O–H groups in total. The van der Waals surface area contributed by atoms with Crippen molar-refractivity contribution in [2.75, 3.05) is 0 Å². The molecular formula is C13H10F4N2O3. The number of benzene rings is 1. The molecule has 0 aliphatic heterocycles. The summed E-state index contributed by atoms with van der Waals surface area (Å²) >= 11 is 0. The van der Waals surface area contributed by atoms with Gasteiger partial charge in [0.25, 0.3) is 5.89 Å². The third-order valence-electron chi connectivity index (χ3n) is 2.70. The van der Waals surface area contributed by atoms with Crippen molar-refractivity contribution in [3.8, 4) is 0 Å². The minimum Gasteiger partial charge on any atom is -0.449 e. The van der Waals surface area contributed by atoms with E-state index in [4.69, 9.17) is 9.15 Å². The van der Waals surface area contributed by atoms with E-state index in [1.54, 1.807) is 0 Å². The van der Waals surface area contributed by atoms with Crippen LogP contribution >= 0.6 is 0 Å². The molecule has 5 nitrogen and oxygen atoms in total. The first-order valence-corrected chi connectivity index (χ1v) is 6.07. The van der Waals surface area contributed by atoms with Gasteiger partial charge >= 0.3 is 12.1 Å². The predicted octanol–water partition coefficient (Wildman–Crippen LogP) is 3.45. The number of halogens is 4. The van der Waals surface area contributed by atoms with Crippen LogP contribution in [0.4, 0.5) is 17.6 Å². The zero-order valence-corrected chi connectivity index (χ0v) is 11.4. The highest BCUT2D eigenvalue weighted by Crippen LogP contribution is 2.32. The van der Waals surface area contributed by atoms with E-state index in [-0.39, 0.29) is 11.8 Å². The Morgan fingerprint density at radius 1 is 1.32 bits per heavy atom. The fourth-order valence-corrected chi connectivity index (χ4v) is 1.66. The van der Waals surface area contributed by atoms with E-state index in [0.29, 0.717) is 6.07 Å². The number of esters is 1. The molecule has 9 heteroatoms. The van der Waals surface area contributed by atoms with E-state index in [0.717, 1.165) is 12.1 Å². The van der Waals surface area contributed by atoms with Crippen molar-refractivity contribution in [3.63, 3.8) is 0 Å². The summed E-state index contributed by atoms with van der Waals surface area (Å²) < 4.78 is 61.5. The first-order chi connectivity index (χ1) is 10.2. The number of rotatable bonds is 3. The van der Waals surface area contributed by atoms with Gasteiger partial charge in [0.2, 0.25) is 5.89 Å². The van der Waals surface area contributed by atoms with Crippen LogP contribution in [0, 0.1) is 12.7 Å². The zero-order chi connectivity index (χ0) is 16.5. The standard InChI is InChI=1S/C13H10F4N2O3/c1-6(11-19-18-7(2)22-11)21-12(20)8-4-3-5-9(10(8)14)13(15,16)17/h3-6H,1-2H3. The van der Waals surface area contributed by atoms with Crippen LogP contribution in [-0.2, 0) is 10.9 Å². The van der Waals surface area contributed by atoms with Crippen LogP contribution in [0.3, 0.4) is 0 Å². The van der Waals surface area contributed by atoms with E-state index in [2.05, 4.69) is 10.2 Å². The summed E-state index contributed by atoms with van der Waals surface area (Å²) in [5.41, 5.74) is -2.36. The molecule has 0 fully saturated rings. The highest BCUT2D eigenvalue weighted by atomic mass is 19.4. The molecule has 1 heterocycles. The van der Waals surface area contributed by atoms with Crippen molar-refractivity contribution < 1.29 is 31.5 Å². The smallest absolute Gasteiger partial charge is 0.419 e. The summed E-state index contributed by atoms with van der Waals surface area (Å²) in [6.07, 6.45) is -5.93. The summed E-state index contributed by atoms with van der Waals surface area (Å²) in [6, 6.07) is 2.36. The van der Waals surface area contributed by atoms with Gasteiger partial charge < -0.3 is 9.15 Å². The maximum Gasteiger partial charge on any atom is 0.419 e. The van der Waals surface area contributed by atoms with Crippen molar-refractivity contribution in [1.82, 2.24) is 10.2 Å². The third kappa shape index (κ3) is 3.23. The lowest BCUT2D eigenvalue weighted by atomic mass is 10.1. The minimum atomic E-state index is -4.91. The Labute approximate surface area is 121 Å². The molecular weight excluding hydrogens is 308 g/mol. The largest absolute Gasteiger partial charge is 0.449 e. The van der Waals surface area contributed by atoms with Crippen LogP contribution in [0.1, 0.15) is 40.7 Å². The molecule has 2 aromatic rings. The Kier molecular flexibility index (Phi) is 4.16. The molecule has 1 aromatic carbocycles. The zero-order valence-electron chi connectivity index (χ0n) is 11.4. The summed E-state index contributed by atoms with van der Waals surface area (Å²) in [6.45, 7) is 2.88. The summed E-state index contributed by atoms with van der Waals surface area (Å²) in [5, 5.41) is 7.12. The fourth-order valence-electron chi connectivity index (χ4n) is 1.66. The molecule has 1 unspecified atom stereocenters. The van der Waals surface area contributed by atoms with Crippen LogP contribution in [-0.4, -0.2) is 16.2 Å². The summed E-state index contributed by atoms with van der Waals surface area (Å²) in [5.74, 6) is -2.76. The van der Waals surface area contributed by atoms with Crippen LogP contribution in [0.25, 0.3) is 0 Å². The molecule has 22 heavy (non-hydrogen) atoms. The van der Waals surface area contributed by atoms with Gasteiger partial charge in [-0.1, -0.05) is 6.07 Å². The Balaban J connectivity index is 2.23. The van der Waals surface area contributed by atoms with Crippen molar-refractivity contribution in [2.24, 2.45) is 0 Å². The molecule has 118 valence electrons. The number of carbonyl (C=O) groups is 1. The van der Waals surface area contributed by atoms with Crippen molar-refractivity contribution >= 4 is 5.97 Å². The molecule has 0 saturated carbocycles. The molecule has 0 amide bonds. The third-order valence-corrected chi connectivity index (χ3v) is 2.70. The summed E-state index contributed by atoms with van der Waals surface area (Å²) in [4.78, 5) is 11.8. The molecule has 1 atom stereocenters. The Hall–Kier alpha value is -2.45. The van der Waals surface area contributed by atoms with E-state index in [1.165, 1.54) is 13.8 Å². The molecule has 0 aliphatic rings. The van der Waals surface area contributed by atoms with Gasteiger partial charge in [-0.2, -0.15) is 13.2 Å². The van der Waals surface area contributed by atoms with Gasteiger partial charge in [0.15, 0.2) is 6.10 Å². The van der Waals surface area contributed by atoms with Crippen LogP contribution in [0.15, 0.2) is 22.6 Å². The number of aromatic nitrogens is 2. The van der Waals surface area contributed by atoms with Gasteiger partial charge in [-0.05, 0) is 19.1 Å². The molecule has 1 aromatic heterocycles. The minimum absolute atomic E-state index is 0.0433. The highest BCUT2D eigenvalue weighted by molar-refractivity contribution is 5.90.